The highest BCUT2D eigenvalue weighted by atomic mass is 32.2. The first-order valence-electron chi connectivity index (χ1n) is 16.3. The number of aromatic nitrogens is 2. The van der Waals surface area contributed by atoms with Gasteiger partial charge in [0.05, 0.1) is 36.4 Å². The number of benzene rings is 1. The number of morpholine rings is 1. The molecule has 0 radical (unpaired) electrons. The zero-order chi connectivity index (χ0) is 32.0. The molecule has 1 aromatic carbocycles. The van der Waals surface area contributed by atoms with Crippen LogP contribution >= 0.6 is 11.8 Å². The summed E-state index contributed by atoms with van der Waals surface area (Å²) in [5.41, 5.74) is 1.41. The molecule has 1 saturated heterocycles. The van der Waals surface area contributed by atoms with Crippen LogP contribution in [0.1, 0.15) is 62.0 Å². The summed E-state index contributed by atoms with van der Waals surface area (Å²) in [6, 6.07) is 5.98. The van der Waals surface area contributed by atoms with E-state index >= 15 is 0 Å². The van der Waals surface area contributed by atoms with Crippen LogP contribution in [0.3, 0.4) is 0 Å². The highest BCUT2D eigenvalue weighted by Gasteiger charge is 2.32. The maximum atomic E-state index is 13.7. The van der Waals surface area contributed by atoms with Gasteiger partial charge in [-0.15, -0.1) is 6.58 Å². The summed E-state index contributed by atoms with van der Waals surface area (Å²) in [6.07, 6.45) is 9.45. The minimum atomic E-state index is -0.938. The Bertz CT molecular complexity index is 1210. The number of rotatable bonds is 17. The first-order valence-corrected chi connectivity index (χ1v) is 17.7. The summed E-state index contributed by atoms with van der Waals surface area (Å²) >= 11 is 1.45. The molecular weight excluding hydrogens is 592 g/mol. The number of fused-ring (bicyclic) bond motifs is 1. The molecule has 3 amide bonds. The molecule has 2 heterocycles. The monoisotopic (exact) mass is 642 g/mol. The van der Waals surface area contributed by atoms with E-state index in [-0.39, 0.29) is 24.1 Å². The third-order valence-corrected chi connectivity index (χ3v) is 9.51. The topological polar surface area (TPSA) is 149 Å². The standard InChI is InChI=1S/C33H50N6O5S/c1-3-9-24(31(41)34-14-15-39-16-18-44-19-17-39)21-29(40)27(20-23-10-5-4-6-11-23)37-32(42)28(22-45-2)38-33(43)30-35-25-12-7-8-13-26(25)36-30/h3,7-8,12-13,23-24,27-29,40H,1,4-6,9-11,14-22H2,2H3,(H,34,41)(H,35,36)(H,37,42)(H,38,43)/t24?,27-,28-,29+/m0/s1. The molecule has 1 aliphatic carbocycles. The van der Waals surface area contributed by atoms with Crippen molar-refractivity contribution in [1.82, 2.24) is 30.8 Å². The van der Waals surface area contributed by atoms with Crippen LogP contribution in [0.25, 0.3) is 11.0 Å². The number of aliphatic hydroxyl groups is 1. The van der Waals surface area contributed by atoms with Crippen molar-refractivity contribution in [3.05, 3.63) is 42.7 Å². The fraction of sp³-hybridized carbons (Fsp3) is 0.636. The molecule has 0 spiro atoms. The molecular formula is C33H50N6O5S. The van der Waals surface area contributed by atoms with Crippen LogP contribution in [0.2, 0.25) is 0 Å². The number of carbonyl (C=O) groups excluding carboxylic acids is 3. The van der Waals surface area contributed by atoms with Gasteiger partial charge < -0.3 is 30.8 Å². The van der Waals surface area contributed by atoms with Crippen molar-refractivity contribution < 1.29 is 24.2 Å². The SMILES string of the molecule is C=CCC(C[C@@H](O)[C@H](CC1CCCCC1)NC(=O)[C@H](CSC)NC(=O)c1nc2ccccc2[nH]1)C(=O)NCCN1CCOCC1. The average molecular weight is 643 g/mol. The van der Waals surface area contributed by atoms with E-state index in [4.69, 9.17) is 4.74 Å². The molecule has 12 heteroatoms. The quantitative estimate of drug-likeness (QED) is 0.166. The summed E-state index contributed by atoms with van der Waals surface area (Å²) in [5.74, 6) is -0.544. The zero-order valence-electron chi connectivity index (χ0n) is 26.5. The molecule has 2 aliphatic rings. The van der Waals surface area contributed by atoms with Gasteiger partial charge in [0.1, 0.15) is 6.04 Å². The van der Waals surface area contributed by atoms with Crippen molar-refractivity contribution >= 4 is 40.5 Å². The van der Waals surface area contributed by atoms with Gasteiger partial charge in [0.2, 0.25) is 11.8 Å². The van der Waals surface area contributed by atoms with Crippen molar-refractivity contribution in [2.45, 2.75) is 69.6 Å². The van der Waals surface area contributed by atoms with Crippen LogP contribution < -0.4 is 16.0 Å². The van der Waals surface area contributed by atoms with Gasteiger partial charge >= 0.3 is 0 Å². The Kier molecular flexibility index (Phi) is 14.2. The molecule has 4 atom stereocenters. The van der Waals surface area contributed by atoms with Gasteiger partial charge in [-0.05, 0) is 43.6 Å². The van der Waals surface area contributed by atoms with E-state index in [0.717, 1.165) is 50.8 Å². The number of allylic oxidation sites excluding steroid dienone is 1. The van der Waals surface area contributed by atoms with Gasteiger partial charge in [0.25, 0.3) is 5.91 Å². The van der Waals surface area contributed by atoms with E-state index in [2.05, 4.69) is 37.4 Å². The molecule has 1 aliphatic heterocycles. The Labute approximate surface area is 270 Å². The lowest BCUT2D eigenvalue weighted by Gasteiger charge is -2.32. The molecule has 0 bridgehead atoms. The van der Waals surface area contributed by atoms with E-state index in [0.29, 0.717) is 49.8 Å². The van der Waals surface area contributed by atoms with Crippen LogP contribution in [-0.2, 0) is 14.3 Å². The molecule has 2 aromatic rings. The van der Waals surface area contributed by atoms with Crippen molar-refractivity contribution in [2.75, 3.05) is 51.4 Å². The van der Waals surface area contributed by atoms with Crippen molar-refractivity contribution in [2.24, 2.45) is 11.8 Å². The third-order valence-electron chi connectivity index (χ3n) is 8.84. The summed E-state index contributed by atoms with van der Waals surface area (Å²) in [7, 11) is 0. The van der Waals surface area contributed by atoms with Gasteiger partial charge in [-0.3, -0.25) is 19.3 Å². The zero-order valence-corrected chi connectivity index (χ0v) is 27.3. The van der Waals surface area contributed by atoms with Gasteiger partial charge in [-0.25, -0.2) is 4.98 Å². The van der Waals surface area contributed by atoms with E-state index in [1.165, 1.54) is 18.2 Å². The minimum absolute atomic E-state index is 0.122. The van der Waals surface area contributed by atoms with Crippen LogP contribution in [0.5, 0.6) is 0 Å². The number of nitrogens with one attached hydrogen (secondary N) is 4. The summed E-state index contributed by atoms with van der Waals surface area (Å²) in [4.78, 5) is 49.6. The Morgan fingerprint density at radius 1 is 1.16 bits per heavy atom. The number of hydrogen-bond donors (Lipinski definition) is 5. The van der Waals surface area contributed by atoms with Crippen LogP contribution in [0, 0.1) is 11.8 Å². The predicted molar refractivity (Wildman–Crippen MR) is 178 cm³/mol. The van der Waals surface area contributed by atoms with Gasteiger partial charge in [-0.2, -0.15) is 11.8 Å². The lowest BCUT2D eigenvalue weighted by molar-refractivity contribution is -0.126. The molecule has 11 nitrogen and oxygen atoms in total. The maximum absolute atomic E-state index is 13.7. The Balaban J connectivity index is 1.40. The highest BCUT2D eigenvalue weighted by Crippen LogP contribution is 2.29. The number of amides is 3. The van der Waals surface area contributed by atoms with Gasteiger partial charge in [0.15, 0.2) is 5.82 Å². The molecule has 1 saturated carbocycles. The van der Waals surface area contributed by atoms with Crippen molar-refractivity contribution in [3.8, 4) is 0 Å². The first-order chi connectivity index (χ1) is 21.9. The molecule has 248 valence electrons. The lowest BCUT2D eigenvalue weighted by Crippen LogP contribution is -2.54. The molecule has 1 unspecified atom stereocenters. The number of imidazole rings is 1. The number of aliphatic hydroxyl groups excluding tert-OH is 1. The average Bonchev–Trinajstić information content (AvgIpc) is 3.50. The number of ether oxygens (including phenoxy) is 1. The Morgan fingerprint density at radius 3 is 2.62 bits per heavy atom. The van der Waals surface area contributed by atoms with Crippen molar-refractivity contribution in [3.63, 3.8) is 0 Å². The number of carbonyl (C=O) groups is 3. The number of hydrogen-bond acceptors (Lipinski definition) is 8. The molecule has 1 aromatic heterocycles. The van der Waals surface area contributed by atoms with E-state index in [1.807, 2.05) is 30.5 Å². The second-order valence-corrected chi connectivity index (χ2v) is 13.1. The lowest BCUT2D eigenvalue weighted by atomic mass is 9.82. The number of aromatic amines is 1. The molecule has 2 fully saturated rings. The molecule has 45 heavy (non-hydrogen) atoms. The highest BCUT2D eigenvalue weighted by molar-refractivity contribution is 7.98. The Morgan fingerprint density at radius 2 is 1.91 bits per heavy atom. The second-order valence-electron chi connectivity index (χ2n) is 12.2. The number of para-hydroxylation sites is 2. The number of H-pyrrole nitrogens is 1. The third kappa shape index (κ3) is 10.8. The fourth-order valence-electron chi connectivity index (χ4n) is 6.29. The van der Waals surface area contributed by atoms with Gasteiger partial charge in [-0.1, -0.05) is 50.3 Å². The second kappa shape index (κ2) is 18.3. The smallest absolute Gasteiger partial charge is 0.287 e. The maximum Gasteiger partial charge on any atom is 0.287 e. The number of thioether (sulfide) groups is 1. The molecule has 5 N–H and O–H groups in total. The van der Waals surface area contributed by atoms with Crippen LogP contribution in [-0.4, -0.2) is 107 Å². The summed E-state index contributed by atoms with van der Waals surface area (Å²) < 4.78 is 5.40. The van der Waals surface area contributed by atoms with E-state index in [1.54, 1.807) is 6.08 Å². The molecule has 4 rings (SSSR count). The van der Waals surface area contributed by atoms with Crippen LogP contribution in [0.4, 0.5) is 0 Å². The first kappa shape index (κ1) is 34.9. The fourth-order valence-corrected chi connectivity index (χ4v) is 6.86. The normalized spacial score (nSPS) is 18.9. The predicted octanol–water partition coefficient (Wildman–Crippen LogP) is 2.87. The minimum Gasteiger partial charge on any atom is -0.391 e. The number of nitrogens with zero attached hydrogens (tertiary/aromatic N) is 2. The van der Waals surface area contributed by atoms with Crippen molar-refractivity contribution in [1.29, 1.82) is 0 Å². The summed E-state index contributed by atoms with van der Waals surface area (Å²) in [6.45, 7) is 8.21. The van der Waals surface area contributed by atoms with E-state index < -0.39 is 30.0 Å². The van der Waals surface area contributed by atoms with Crippen LogP contribution in [0.15, 0.2) is 36.9 Å². The Hall–Kier alpha value is -2.93. The summed E-state index contributed by atoms with van der Waals surface area (Å²) in [5, 5.41) is 20.5. The largest absolute Gasteiger partial charge is 0.391 e. The van der Waals surface area contributed by atoms with Gasteiger partial charge in [0, 0.05) is 37.8 Å². The van der Waals surface area contributed by atoms with E-state index in [9.17, 15) is 19.5 Å².